The van der Waals surface area contributed by atoms with Gasteiger partial charge in [0.1, 0.15) is 5.82 Å². The molecule has 0 aliphatic heterocycles. The average Bonchev–Trinajstić information content (AvgIpc) is 3.38. The first-order valence-electron chi connectivity index (χ1n) is 9.96. The summed E-state index contributed by atoms with van der Waals surface area (Å²) < 4.78 is 2.08. The largest absolute Gasteiger partial charge is 0.353 e. The van der Waals surface area contributed by atoms with Gasteiger partial charge in [0.2, 0.25) is 5.91 Å². The van der Waals surface area contributed by atoms with Gasteiger partial charge in [0.05, 0.1) is 12.3 Å². The van der Waals surface area contributed by atoms with Gasteiger partial charge in [-0.2, -0.15) is 0 Å². The average molecular weight is 385 g/mol. The van der Waals surface area contributed by atoms with E-state index in [0.717, 1.165) is 29.4 Å². The van der Waals surface area contributed by atoms with Gasteiger partial charge in [0.25, 0.3) is 0 Å². The number of nitrogens with zero attached hydrogens (tertiary/aromatic N) is 3. The molecule has 2 aliphatic carbocycles. The molecule has 0 spiro atoms. The van der Waals surface area contributed by atoms with E-state index in [1.165, 1.54) is 43.0 Å². The highest BCUT2D eigenvalue weighted by molar-refractivity contribution is 7.99. The van der Waals surface area contributed by atoms with Gasteiger partial charge in [-0.15, -0.1) is 10.2 Å². The van der Waals surface area contributed by atoms with Crippen molar-refractivity contribution in [2.24, 2.45) is 17.8 Å². The van der Waals surface area contributed by atoms with Crippen LogP contribution in [0.3, 0.4) is 0 Å². The summed E-state index contributed by atoms with van der Waals surface area (Å²) in [6.45, 7) is 4.86. The first-order chi connectivity index (χ1) is 13.1. The predicted molar refractivity (Wildman–Crippen MR) is 108 cm³/mol. The predicted octanol–water partition coefficient (Wildman–Crippen LogP) is 3.67. The van der Waals surface area contributed by atoms with E-state index in [1.54, 1.807) is 0 Å². The number of hydrogen-bond acceptors (Lipinski definition) is 4. The maximum Gasteiger partial charge on any atom is 0.230 e. The Bertz CT molecular complexity index is 791. The van der Waals surface area contributed by atoms with Crippen LogP contribution in [0.5, 0.6) is 0 Å². The number of rotatable bonds is 7. The number of amides is 1. The van der Waals surface area contributed by atoms with E-state index in [-0.39, 0.29) is 11.9 Å². The highest BCUT2D eigenvalue weighted by Gasteiger charge is 2.42. The lowest BCUT2D eigenvalue weighted by Gasteiger charge is -2.28. The summed E-state index contributed by atoms with van der Waals surface area (Å²) in [5.74, 6) is 3.77. The molecule has 4 atom stereocenters. The van der Waals surface area contributed by atoms with Crippen molar-refractivity contribution in [3.05, 3.63) is 41.7 Å². The Kier molecular flexibility index (Phi) is 5.53. The van der Waals surface area contributed by atoms with Crippen molar-refractivity contribution in [1.82, 2.24) is 20.1 Å². The Hall–Kier alpha value is -1.82. The Labute approximate surface area is 165 Å². The zero-order chi connectivity index (χ0) is 18.8. The second kappa shape index (κ2) is 8.05. The van der Waals surface area contributed by atoms with E-state index in [1.807, 2.05) is 25.1 Å². The van der Waals surface area contributed by atoms with E-state index >= 15 is 0 Å². The summed E-state index contributed by atoms with van der Waals surface area (Å²) in [4.78, 5) is 12.5. The summed E-state index contributed by atoms with van der Waals surface area (Å²) in [6.07, 6.45) is 5.42. The van der Waals surface area contributed by atoms with Gasteiger partial charge in [-0.25, -0.2) is 0 Å². The van der Waals surface area contributed by atoms with E-state index in [0.29, 0.717) is 11.7 Å². The minimum Gasteiger partial charge on any atom is -0.353 e. The number of fused-ring (bicyclic) bond motifs is 2. The van der Waals surface area contributed by atoms with Crippen molar-refractivity contribution >= 4 is 17.7 Å². The molecule has 2 aliphatic rings. The second-order valence-corrected chi connectivity index (χ2v) is 9.03. The van der Waals surface area contributed by atoms with Crippen LogP contribution >= 0.6 is 11.8 Å². The van der Waals surface area contributed by atoms with Crippen LogP contribution in [0.1, 0.15) is 44.0 Å². The van der Waals surface area contributed by atoms with Crippen LogP contribution in [0.4, 0.5) is 0 Å². The first-order valence-corrected chi connectivity index (χ1v) is 10.9. The maximum atomic E-state index is 12.5. The molecule has 2 bridgehead atoms. The Balaban J connectivity index is 1.31. The fourth-order valence-corrected chi connectivity index (χ4v) is 5.65. The number of nitrogens with one attached hydrogen (secondary N) is 1. The molecule has 6 heteroatoms. The zero-order valence-corrected chi connectivity index (χ0v) is 16.9. The van der Waals surface area contributed by atoms with E-state index in [4.69, 9.17) is 0 Å². The minimum absolute atomic E-state index is 0.0992. The van der Waals surface area contributed by atoms with Gasteiger partial charge in [0.15, 0.2) is 5.16 Å². The third kappa shape index (κ3) is 4.21. The molecule has 2 aromatic rings. The molecule has 1 heterocycles. The van der Waals surface area contributed by atoms with E-state index in [9.17, 15) is 4.79 Å². The van der Waals surface area contributed by atoms with Gasteiger partial charge in [-0.1, -0.05) is 48.5 Å². The number of benzene rings is 1. The molecule has 2 saturated carbocycles. The van der Waals surface area contributed by atoms with Gasteiger partial charge >= 0.3 is 0 Å². The third-order valence-corrected chi connectivity index (χ3v) is 7.21. The number of hydrogen-bond donors (Lipinski definition) is 1. The number of aromatic nitrogens is 3. The molecule has 1 aromatic heterocycles. The second-order valence-electron chi connectivity index (χ2n) is 8.09. The van der Waals surface area contributed by atoms with Crippen LogP contribution in [0.15, 0.2) is 35.5 Å². The van der Waals surface area contributed by atoms with Crippen molar-refractivity contribution in [3.63, 3.8) is 0 Å². The molecule has 144 valence electrons. The molecule has 1 N–H and O–H groups in total. The number of thioether (sulfide) groups is 1. The Morgan fingerprint density at radius 3 is 2.78 bits per heavy atom. The number of aryl methyl sites for hydroxylation is 1. The molecule has 5 nitrogen and oxygen atoms in total. The van der Waals surface area contributed by atoms with Crippen molar-refractivity contribution < 1.29 is 4.79 Å². The van der Waals surface area contributed by atoms with Crippen molar-refractivity contribution in [1.29, 1.82) is 0 Å². The lowest BCUT2D eigenvalue weighted by atomic mass is 9.84. The van der Waals surface area contributed by atoms with E-state index < -0.39 is 0 Å². The molecule has 1 aromatic carbocycles. The summed E-state index contributed by atoms with van der Waals surface area (Å²) in [6, 6.07) is 10.5. The first kappa shape index (κ1) is 18.5. The topological polar surface area (TPSA) is 59.8 Å². The van der Waals surface area contributed by atoms with Crippen molar-refractivity contribution in [2.45, 2.75) is 57.3 Å². The zero-order valence-electron chi connectivity index (χ0n) is 16.1. The molecule has 4 rings (SSSR count). The summed E-state index contributed by atoms with van der Waals surface area (Å²) in [7, 11) is 0. The summed E-state index contributed by atoms with van der Waals surface area (Å²) >= 11 is 1.47. The quantitative estimate of drug-likeness (QED) is 0.740. The number of carbonyl (C=O) groups excluding carboxylic acids is 1. The molecular weight excluding hydrogens is 356 g/mol. The lowest BCUT2D eigenvalue weighted by Crippen LogP contribution is -2.40. The Morgan fingerprint density at radius 2 is 2.07 bits per heavy atom. The monoisotopic (exact) mass is 384 g/mol. The lowest BCUT2D eigenvalue weighted by molar-refractivity contribution is -0.119. The molecule has 1 amide bonds. The van der Waals surface area contributed by atoms with Gasteiger partial charge in [-0.05, 0) is 56.4 Å². The highest BCUT2D eigenvalue weighted by Crippen LogP contribution is 2.49. The van der Waals surface area contributed by atoms with Crippen molar-refractivity contribution in [3.8, 4) is 0 Å². The van der Waals surface area contributed by atoms with Crippen LogP contribution in [0.25, 0.3) is 0 Å². The van der Waals surface area contributed by atoms with Crippen LogP contribution in [0, 0.1) is 24.7 Å². The summed E-state index contributed by atoms with van der Waals surface area (Å²) in [5.41, 5.74) is 1.21. The van der Waals surface area contributed by atoms with E-state index in [2.05, 4.69) is 39.1 Å². The SMILES string of the molecule is Cc1nnc(SCC(=O)N[C@H](C)[C@H]2C[C@H]3CC[C@H]2C3)n1Cc1ccccc1. The molecular formula is C21H28N4OS. The fraction of sp³-hybridized carbons (Fsp3) is 0.571. The van der Waals surface area contributed by atoms with Crippen LogP contribution < -0.4 is 5.32 Å². The highest BCUT2D eigenvalue weighted by atomic mass is 32.2. The standard InChI is InChI=1S/C21H28N4OS/c1-14(19-11-17-8-9-18(19)10-17)22-20(26)13-27-21-24-23-15(2)25(21)12-16-6-4-3-5-7-16/h3-7,14,17-19H,8-13H2,1-2H3,(H,22,26)/t14-,17+,18+,19-/m1/s1. The molecule has 27 heavy (non-hydrogen) atoms. The summed E-state index contributed by atoms with van der Waals surface area (Å²) in [5, 5.41) is 12.5. The van der Waals surface area contributed by atoms with Gasteiger partial charge in [0, 0.05) is 6.04 Å². The smallest absolute Gasteiger partial charge is 0.230 e. The third-order valence-electron chi connectivity index (χ3n) is 6.24. The maximum absolute atomic E-state index is 12.5. The molecule has 0 saturated heterocycles. The normalized spacial score (nSPS) is 24.9. The minimum atomic E-state index is 0.0992. The van der Waals surface area contributed by atoms with Gasteiger partial charge < -0.3 is 9.88 Å². The van der Waals surface area contributed by atoms with Gasteiger partial charge in [-0.3, -0.25) is 4.79 Å². The number of carbonyl (C=O) groups is 1. The van der Waals surface area contributed by atoms with Crippen LogP contribution in [0.2, 0.25) is 0 Å². The fourth-order valence-electron chi connectivity index (χ4n) is 4.86. The molecule has 0 unspecified atom stereocenters. The van der Waals surface area contributed by atoms with Crippen molar-refractivity contribution in [2.75, 3.05) is 5.75 Å². The van der Waals surface area contributed by atoms with Crippen LogP contribution in [-0.2, 0) is 11.3 Å². The molecule has 2 fully saturated rings. The Morgan fingerprint density at radius 1 is 1.26 bits per heavy atom. The molecule has 0 radical (unpaired) electrons. The van der Waals surface area contributed by atoms with Crippen LogP contribution in [-0.4, -0.2) is 32.5 Å².